The Kier molecular flexibility index (Phi) is 6.88. The van der Waals surface area contributed by atoms with Crippen LogP contribution in [0.1, 0.15) is 62.5 Å². The van der Waals surface area contributed by atoms with E-state index in [1.807, 2.05) is 10.8 Å². The number of nitrogens with one attached hydrogen (secondary N) is 1. The molecule has 2 heterocycles. The van der Waals surface area contributed by atoms with Crippen molar-refractivity contribution in [1.29, 1.82) is 0 Å². The summed E-state index contributed by atoms with van der Waals surface area (Å²) in [5, 5.41) is 3.27. The molecule has 2 fully saturated rings. The van der Waals surface area contributed by atoms with Gasteiger partial charge in [0.05, 0.1) is 6.33 Å². The van der Waals surface area contributed by atoms with Gasteiger partial charge in [0, 0.05) is 56.5 Å². The smallest absolute Gasteiger partial charge is 0.220 e. The lowest BCUT2D eigenvalue weighted by Gasteiger charge is -2.39. The molecule has 0 spiro atoms. The molecular weight excluding hydrogens is 372 g/mol. The average Bonchev–Trinajstić information content (AvgIpc) is 3.43. The van der Waals surface area contributed by atoms with Crippen molar-refractivity contribution in [2.24, 2.45) is 0 Å². The molecule has 2 aliphatic rings. The van der Waals surface area contributed by atoms with Crippen molar-refractivity contribution in [2.75, 3.05) is 19.6 Å². The molecule has 1 aliphatic heterocycles. The maximum absolute atomic E-state index is 12.3. The number of carbonyl (C=O) groups excluding carboxylic acids is 1. The maximum Gasteiger partial charge on any atom is 0.220 e. The number of imidazole rings is 1. The molecule has 0 atom stereocenters. The van der Waals surface area contributed by atoms with Gasteiger partial charge in [0.25, 0.3) is 0 Å². The zero-order valence-corrected chi connectivity index (χ0v) is 18.4. The second-order valence-electron chi connectivity index (χ2n) is 9.38. The standard InChI is InChI=1S/C25H36N4O/c1-21-6-8-22(9-7-21)25(12-2-3-13-25)19-28-16-10-23(11-17-28)27-24(30)5-4-15-29-18-14-26-20-29/h6-9,14,18,20,23H,2-5,10-13,15-17,19H2,1H3,(H,27,30). The zero-order valence-electron chi connectivity index (χ0n) is 18.4. The molecule has 5 nitrogen and oxygen atoms in total. The van der Waals surface area contributed by atoms with E-state index in [1.165, 1.54) is 43.4 Å². The Bertz CT molecular complexity index is 785. The third kappa shape index (κ3) is 5.31. The van der Waals surface area contributed by atoms with Crippen molar-refractivity contribution in [3.05, 3.63) is 54.1 Å². The molecule has 1 aromatic carbocycles. The monoisotopic (exact) mass is 408 g/mol. The Morgan fingerprint density at radius 1 is 1.17 bits per heavy atom. The van der Waals surface area contributed by atoms with Gasteiger partial charge in [-0.05, 0) is 44.6 Å². The summed E-state index contributed by atoms with van der Waals surface area (Å²) >= 11 is 0. The number of aryl methyl sites for hydroxylation is 2. The van der Waals surface area contributed by atoms with Gasteiger partial charge in [-0.25, -0.2) is 4.98 Å². The van der Waals surface area contributed by atoms with Crippen LogP contribution in [0.15, 0.2) is 43.0 Å². The number of piperidine rings is 1. The summed E-state index contributed by atoms with van der Waals surface area (Å²) in [6.45, 7) is 6.37. The van der Waals surface area contributed by atoms with Gasteiger partial charge in [0.2, 0.25) is 5.91 Å². The van der Waals surface area contributed by atoms with Crippen LogP contribution in [-0.2, 0) is 16.8 Å². The summed E-state index contributed by atoms with van der Waals surface area (Å²) in [7, 11) is 0. The minimum atomic E-state index is 0.195. The topological polar surface area (TPSA) is 50.2 Å². The fraction of sp³-hybridized carbons (Fsp3) is 0.600. The Labute approximate surface area is 180 Å². The first-order chi connectivity index (χ1) is 14.6. The number of nitrogens with zero attached hydrogens (tertiary/aromatic N) is 3. The van der Waals surface area contributed by atoms with Crippen LogP contribution in [0.3, 0.4) is 0 Å². The van der Waals surface area contributed by atoms with E-state index in [0.29, 0.717) is 17.9 Å². The number of hydrogen-bond donors (Lipinski definition) is 1. The highest BCUT2D eigenvalue weighted by atomic mass is 16.1. The highest BCUT2D eigenvalue weighted by molar-refractivity contribution is 5.76. The third-order valence-corrected chi connectivity index (χ3v) is 7.08. The molecule has 1 saturated carbocycles. The van der Waals surface area contributed by atoms with Gasteiger partial charge >= 0.3 is 0 Å². The average molecular weight is 409 g/mol. The van der Waals surface area contributed by atoms with Crippen LogP contribution in [0.5, 0.6) is 0 Å². The van der Waals surface area contributed by atoms with Crippen molar-refractivity contribution in [3.8, 4) is 0 Å². The highest BCUT2D eigenvalue weighted by Crippen LogP contribution is 2.42. The van der Waals surface area contributed by atoms with Gasteiger partial charge in [0.15, 0.2) is 0 Å². The minimum absolute atomic E-state index is 0.195. The van der Waals surface area contributed by atoms with Crippen molar-refractivity contribution in [3.63, 3.8) is 0 Å². The zero-order chi connectivity index (χ0) is 20.8. The Morgan fingerprint density at radius 2 is 1.90 bits per heavy atom. The summed E-state index contributed by atoms with van der Waals surface area (Å²) < 4.78 is 2.03. The van der Waals surface area contributed by atoms with Gasteiger partial charge in [-0.1, -0.05) is 42.7 Å². The van der Waals surface area contributed by atoms with E-state index in [0.717, 1.165) is 38.9 Å². The first-order valence-corrected chi connectivity index (χ1v) is 11.7. The van der Waals surface area contributed by atoms with E-state index in [-0.39, 0.29) is 5.91 Å². The molecule has 162 valence electrons. The molecule has 1 saturated heterocycles. The van der Waals surface area contributed by atoms with E-state index in [2.05, 4.69) is 46.4 Å². The summed E-state index contributed by atoms with van der Waals surface area (Å²) in [5.74, 6) is 0.195. The van der Waals surface area contributed by atoms with Gasteiger partial charge in [-0.2, -0.15) is 0 Å². The Morgan fingerprint density at radius 3 is 2.57 bits per heavy atom. The van der Waals surface area contributed by atoms with Gasteiger partial charge < -0.3 is 14.8 Å². The highest BCUT2D eigenvalue weighted by Gasteiger charge is 2.37. The molecule has 0 radical (unpaired) electrons. The number of rotatable bonds is 8. The molecular formula is C25H36N4O. The van der Waals surface area contributed by atoms with Gasteiger partial charge in [-0.3, -0.25) is 4.79 Å². The van der Waals surface area contributed by atoms with E-state index >= 15 is 0 Å². The van der Waals surface area contributed by atoms with E-state index in [4.69, 9.17) is 0 Å². The number of benzene rings is 1. The van der Waals surface area contributed by atoms with E-state index < -0.39 is 0 Å². The maximum atomic E-state index is 12.3. The van der Waals surface area contributed by atoms with Crippen molar-refractivity contribution >= 4 is 5.91 Å². The second kappa shape index (κ2) is 9.78. The van der Waals surface area contributed by atoms with Crippen LogP contribution in [0.25, 0.3) is 0 Å². The van der Waals surface area contributed by atoms with Crippen LogP contribution < -0.4 is 5.32 Å². The van der Waals surface area contributed by atoms with Crippen LogP contribution in [0.4, 0.5) is 0 Å². The molecule has 1 amide bonds. The molecule has 0 bridgehead atoms. The molecule has 1 aliphatic carbocycles. The number of amides is 1. The lowest BCUT2D eigenvalue weighted by atomic mass is 9.77. The number of hydrogen-bond acceptors (Lipinski definition) is 3. The summed E-state index contributed by atoms with van der Waals surface area (Å²) in [6.07, 6.45) is 14.4. The van der Waals surface area contributed by atoms with Crippen molar-refractivity contribution < 1.29 is 4.79 Å². The van der Waals surface area contributed by atoms with Crippen molar-refractivity contribution in [1.82, 2.24) is 19.8 Å². The lowest BCUT2D eigenvalue weighted by Crippen LogP contribution is -2.48. The molecule has 30 heavy (non-hydrogen) atoms. The predicted molar refractivity (Wildman–Crippen MR) is 120 cm³/mol. The number of aromatic nitrogens is 2. The van der Waals surface area contributed by atoms with Gasteiger partial charge in [0.1, 0.15) is 0 Å². The summed E-state index contributed by atoms with van der Waals surface area (Å²) in [6, 6.07) is 9.59. The number of carbonyl (C=O) groups is 1. The normalized spacial score (nSPS) is 19.8. The lowest BCUT2D eigenvalue weighted by molar-refractivity contribution is -0.122. The predicted octanol–water partition coefficient (Wildman–Crippen LogP) is 4.06. The minimum Gasteiger partial charge on any atom is -0.353 e. The molecule has 1 aromatic heterocycles. The number of likely N-dealkylation sites (tertiary alicyclic amines) is 1. The fourth-order valence-electron chi connectivity index (χ4n) is 5.30. The molecule has 2 aromatic rings. The molecule has 0 unspecified atom stereocenters. The van der Waals surface area contributed by atoms with Crippen LogP contribution >= 0.6 is 0 Å². The van der Waals surface area contributed by atoms with E-state index in [1.54, 1.807) is 12.5 Å². The molecule has 1 N–H and O–H groups in total. The van der Waals surface area contributed by atoms with Crippen molar-refractivity contribution in [2.45, 2.75) is 76.3 Å². The first-order valence-electron chi connectivity index (χ1n) is 11.7. The fourth-order valence-corrected chi connectivity index (χ4v) is 5.30. The molecule has 5 heteroatoms. The summed E-state index contributed by atoms with van der Waals surface area (Å²) in [4.78, 5) is 19.0. The Balaban J connectivity index is 1.22. The Hall–Kier alpha value is -2.14. The van der Waals surface area contributed by atoms with Gasteiger partial charge in [-0.15, -0.1) is 0 Å². The first kappa shape index (κ1) is 21.1. The second-order valence-corrected chi connectivity index (χ2v) is 9.38. The SMILES string of the molecule is Cc1ccc(C2(CN3CCC(NC(=O)CCCn4ccnc4)CC3)CCCC2)cc1. The quantitative estimate of drug-likeness (QED) is 0.716. The largest absolute Gasteiger partial charge is 0.353 e. The third-order valence-electron chi connectivity index (χ3n) is 7.08. The van der Waals surface area contributed by atoms with Crippen LogP contribution in [-0.4, -0.2) is 46.0 Å². The van der Waals surface area contributed by atoms with Crippen LogP contribution in [0.2, 0.25) is 0 Å². The molecule has 4 rings (SSSR count). The van der Waals surface area contributed by atoms with Crippen LogP contribution in [0, 0.1) is 6.92 Å². The summed E-state index contributed by atoms with van der Waals surface area (Å²) in [5.41, 5.74) is 3.20. The van der Waals surface area contributed by atoms with E-state index in [9.17, 15) is 4.79 Å².